The Morgan fingerprint density at radius 3 is 2.88 bits per heavy atom. The highest BCUT2D eigenvalue weighted by molar-refractivity contribution is 5.95. The minimum Gasteiger partial charge on any atom is -0.469 e. The first-order valence-electron chi connectivity index (χ1n) is 7.89. The molecule has 1 aliphatic rings. The summed E-state index contributed by atoms with van der Waals surface area (Å²) in [6.45, 7) is 6.24. The Balaban J connectivity index is 1.88. The molecule has 1 atom stereocenters. The molecule has 0 spiro atoms. The number of furan rings is 1. The van der Waals surface area contributed by atoms with Crippen LogP contribution in [0.25, 0.3) is 0 Å². The lowest BCUT2D eigenvalue weighted by Crippen LogP contribution is -2.36. The smallest absolute Gasteiger partial charge is 0.270 e. The summed E-state index contributed by atoms with van der Waals surface area (Å²) in [7, 11) is 0. The standard InChI is InChI=1S/C18H20N2O4/c1-11-10-24-15-9-18(2,3)8-14(16(11)15)19-17(21)12-5-4-6-13(7-12)20(22)23/h4-7,10,14H,8-9H2,1-3H3,(H,19,21). The van der Waals surface area contributed by atoms with Crippen LogP contribution in [0, 0.1) is 22.5 Å². The molecule has 2 aromatic rings. The number of aryl methyl sites for hydroxylation is 1. The molecule has 1 aromatic heterocycles. The van der Waals surface area contributed by atoms with Crippen LogP contribution in [0.15, 0.2) is 34.9 Å². The second-order valence-corrected chi connectivity index (χ2v) is 7.13. The Morgan fingerprint density at radius 2 is 2.17 bits per heavy atom. The van der Waals surface area contributed by atoms with Gasteiger partial charge >= 0.3 is 0 Å². The number of nitro benzene ring substituents is 1. The molecule has 0 aliphatic heterocycles. The summed E-state index contributed by atoms with van der Waals surface area (Å²) >= 11 is 0. The fourth-order valence-electron chi connectivity index (χ4n) is 3.40. The highest BCUT2D eigenvalue weighted by atomic mass is 16.6. The molecule has 1 unspecified atom stereocenters. The first-order chi connectivity index (χ1) is 11.3. The van der Waals surface area contributed by atoms with Crippen LogP contribution < -0.4 is 5.32 Å². The number of nitrogens with one attached hydrogen (secondary N) is 1. The SMILES string of the molecule is Cc1coc2c1C(NC(=O)c1cccc([N+](=O)[O-])c1)CC(C)(C)C2. The minimum absolute atomic E-state index is 0.0118. The van der Waals surface area contributed by atoms with E-state index in [1.54, 1.807) is 12.3 Å². The van der Waals surface area contributed by atoms with Crippen LogP contribution >= 0.6 is 0 Å². The molecule has 24 heavy (non-hydrogen) atoms. The molecule has 0 saturated carbocycles. The fraction of sp³-hybridized carbons (Fsp3) is 0.389. The van der Waals surface area contributed by atoms with Crippen molar-refractivity contribution < 1.29 is 14.1 Å². The topological polar surface area (TPSA) is 85.4 Å². The van der Waals surface area contributed by atoms with Gasteiger partial charge in [-0.3, -0.25) is 14.9 Å². The summed E-state index contributed by atoms with van der Waals surface area (Å²) in [5, 5.41) is 13.9. The largest absolute Gasteiger partial charge is 0.469 e. The third-order valence-electron chi connectivity index (χ3n) is 4.47. The molecule has 1 amide bonds. The number of nitrogens with zero attached hydrogens (tertiary/aromatic N) is 1. The molecule has 6 nitrogen and oxygen atoms in total. The number of amides is 1. The third kappa shape index (κ3) is 3.04. The zero-order valence-corrected chi connectivity index (χ0v) is 14.0. The van der Waals surface area contributed by atoms with E-state index < -0.39 is 4.92 Å². The minimum atomic E-state index is -0.501. The Hall–Kier alpha value is -2.63. The number of fused-ring (bicyclic) bond motifs is 1. The van der Waals surface area contributed by atoms with Crippen molar-refractivity contribution in [3.63, 3.8) is 0 Å². The van der Waals surface area contributed by atoms with Gasteiger partial charge < -0.3 is 9.73 Å². The second-order valence-electron chi connectivity index (χ2n) is 7.13. The van der Waals surface area contributed by atoms with E-state index in [9.17, 15) is 14.9 Å². The van der Waals surface area contributed by atoms with E-state index >= 15 is 0 Å². The molecule has 1 aliphatic carbocycles. The van der Waals surface area contributed by atoms with Gasteiger partial charge in [0.25, 0.3) is 11.6 Å². The Kier molecular flexibility index (Phi) is 3.91. The van der Waals surface area contributed by atoms with Gasteiger partial charge in [-0.25, -0.2) is 0 Å². The van der Waals surface area contributed by atoms with Gasteiger partial charge in [0.05, 0.1) is 17.2 Å². The summed E-state index contributed by atoms with van der Waals surface area (Å²) in [6, 6.07) is 5.62. The number of nitro groups is 1. The van der Waals surface area contributed by atoms with Crippen LogP contribution in [0.1, 0.15) is 53.6 Å². The van der Waals surface area contributed by atoms with Crippen molar-refractivity contribution in [2.24, 2.45) is 5.41 Å². The van der Waals surface area contributed by atoms with E-state index in [2.05, 4.69) is 19.2 Å². The summed E-state index contributed by atoms with van der Waals surface area (Å²) in [5.41, 5.74) is 2.26. The zero-order chi connectivity index (χ0) is 17.5. The van der Waals surface area contributed by atoms with Crippen LogP contribution in [0.2, 0.25) is 0 Å². The lowest BCUT2D eigenvalue weighted by atomic mass is 9.74. The summed E-state index contributed by atoms with van der Waals surface area (Å²) in [6.07, 6.45) is 3.35. The number of carbonyl (C=O) groups excluding carboxylic acids is 1. The summed E-state index contributed by atoms with van der Waals surface area (Å²) in [4.78, 5) is 23.0. The maximum absolute atomic E-state index is 12.6. The van der Waals surface area contributed by atoms with Crippen LogP contribution in [0.4, 0.5) is 5.69 Å². The van der Waals surface area contributed by atoms with Crippen LogP contribution in [-0.4, -0.2) is 10.8 Å². The van der Waals surface area contributed by atoms with Crippen molar-refractivity contribution in [1.82, 2.24) is 5.32 Å². The monoisotopic (exact) mass is 328 g/mol. The van der Waals surface area contributed by atoms with Crippen LogP contribution in [0.3, 0.4) is 0 Å². The van der Waals surface area contributed by atoms with Crippen LogP contribution in [-0.2, 0) is 6.42 Å². The molecule has 6 heteroatoms. The van der Waals surface area contributed by atoms with Crippen molar-refractivity contribution in [3.8, 4) is 0 Å². The summed E-state index contributed by atoms with van der Waals surface area (Å²) in [5.74, 6) is 0.598. The van der Waals surface area contributed by atoms with Gasteiger partial charge in [-0.1, -0.05) is 19.9 Å². The second kappa shape index (κ2) is 5.78. The predicted octanol–water partition coefficient (Wildman–Crippen LogP) is 3.94. The van der Waals surface area contributed by atoms with E-state index in [0.717, 1.165) is 29.7 Å². The van der Waals surface area contributed by atoms with Crippen molar-refractivity contribution in [2.45, 2.75) is 39.7 Å². The van der Waals surface area contributed by atoms with Gasteiger partial charge in [-0.05, 0) is 30.4 Å². The van der Waals surface area contributed by atoms with E-state index in [1.807, 2.05) is 6.92 Å². The van der Waals surface area contributed by atoms with Gasteiger partial charge in [0.1, 0.15) is 5.76 Å². The molecule has 0 bridgehead atoms. The summed E-state index contributed by atoms with van der Waals surface area (Å²) < 4.78 is 5.65. The highest BCUT2D eigenvalue weighted by Crippen LogP contribution is 2.42. The number of non-ortho nitro benzene ring substituents is 1. The molecule has 126 valence electrons. The van der Waals surface area contributed by atoms with Crippen molar-refractivity contribution in [2.75, 3.05) is 0 Å². The predicted molar refractivity (Wildman–Crippen MR) is 88.9 cm³/mol. The Morgan fingerprint density at radius 1 is 1.42 bits per heavy atom. The van der Waals surface area contributed by atoms with Gasteiger partial charge in [-0.2, -0.15) is 0 Å². The first kappa shape index (κ1) is 16.2. The average Bonchev–Trinajstić information content (AvgIpc) is 2.87. The number of benzene rings is 1. The molecular weight excluding hydrogens is 308 g/mol. The van der Waals surface area contributed by atoms with Crippen LogP contribution in [0.5, 0.6) is 0 Å². The van der Waals surface area contributed by atoms with Crippen molar-refractivity contribution >= 4 is 11.6 Å². The fourth-order valence-corrected chi connectivity index (χ4v) is 3.40. The van der Waals surface area contributed by atoms with Gasteiger partial charge in [0.15, 0.2) is 0 Å². The maximum atomic E-state index is 12.6. The maximum Gasteiger partial charge on any atom is 0.270 e. The van der Waals surface area contributed by atoms with Gasteiger partial charge in [0, 0.05) is 29.7 Å². The first-order valence-corrected chi connectivity index (χ1v) is 7.89. The average molecular weight is 328 g/mol. The van der Waals surface area contributed by atoms with Gasteiger partial charge in [-0.15, -0.1) is 0 Å². The highest BCUT2D eigenvalue weighted by Gasteiger charge is 2.36. The molecule has 1 aromatic carbocycles. The van der Waals surface area contributed by atoms with E-state index in [-0.39, 0.29) is 28.6 Å². The Labute approximate surface area is 140 Å². The lowest BCUT2D eigenvalue weighted by molar-refractivity contribution is -0.384. The molecule has 0 saturated heterocycles. The molecule has 1 N–H and O–H groups in total. The molecular formula is C18H20N2O4. The normalized spacial score (nSPS) is 18.7. The lowest BCUT2D eigenvalue weighted by Gasteiger charge is -2.35. The molecule has 0 radical (unpaired) electrons. The van der Waals surface area contributed by atoms with E-state index in [1.165, 1.54) is 18.2 Å². The number of carbonyl (C=O) groups is 1. The Bertz CT molecular complexity index is 807. The quantitative estimate of drug-likeness (QED) is 0.683. The van der Waals surface area contributed by atoms with E-state index in [0.29, 0.717) is 0 Å². The molecule has 1 heterocycles. The number of rotatable bonds is 3. The van der Waals surface area contributed by atoms with Crippen molar-refractivity contribution in [3.05, 3.63) is 63.1 Å². The number of hydrogen-bond donors (Lipinski definition) is 1. The van der Waals surface area contributed by atoms with Gasteiger partial charge in [0.2, 0.25) is 0 Å². The number of hydrogen-bond acceptors (Lipinski definition) is 4. The molecule has 0 fully saturated rings. The molecule has 3 rings (SSSR count). The van der Waals surface area contributed by atoms with E-state index in [4.69, 9.17) is 4.42 Å². The zero-order valence-electron chi connectivity index (χ0n) is 14.0. The van der Waals surface area contributed by atoms with Crippen molar-refractivity contribution in [1.29, 1.82) is 0 Å². The third-order valence-corrected chi connectivity index (χ3v) is 4.47.